The van der Waals surface area contributed by atoms with Crippen molar-refractivity contribution in [2.75, 3.05) is 0 Å². The number of esters is 1. The van der Waals surface area contributed by atoms with Crippen LogP contribution < -0.4 is 4.74 Å². The average molecular weight is 366 g/mol. The van der Waals surface area contributed by atoms with Gasteiger partial charge in [-0.25, -0.2) is 9.48 Å². The lowest BCUT2D eigenvalue weighted by atomic mass is 9.77. The van der Waals surface area contributed by atoms with Crippen molar-refractivity contribution in [2.24, 2.45) is 0 Å². The van der Waals surface area contributed by atoms with Gasteiger partial charge in [-0.1, -0.05) is 36.4 Å². The first kappa shape index (κ1) is 15.2. The van der Waals surface area contributed by atoms with Crippen LogP contribution in [0.3, 0.4) is 0 Å². The molecule has 0 fully saturated rings. The van der Waals surface area contributed by atoms with Crippen molar-refractivity contribution >= 4 is 5.97 Å². The highest BCUT2D eigenvalue weighted by Crippen LogP contribution is 2.56. The zero-order valence-electron chi connectivity index (χ0n) is 14.7. The molecule has 0 saturated carbocycles. The molecule has 28 heavy (non-hydrogen) atoms. The normalized spacial score (nSPS) is 18.8. The molecule has 5 heteroatoms. The van der Waals surface area contributed by atoms with Crippen LogP contribution in [0.4, 0.5) is 0 Å². The van der Waals surface area contributed by atoms with Crippen molar-refractivity contribution in [2.45, 2.75) is 5.60 Å². The lowest BCUT2D eigenvalue weighted by Crippen LogP contribution is -2.33. The van der Waals surface area contributed by atoms with Crippen LogP contribution in [0.5, 0.6) is 11.5 Å². The Morgan fingerprint density at radius 2 is 1.61 bits per heavy atom. The molecule has 2 aliphatic rings. The van der Waals surface area contributed by atoms with Gasteiger partial charge in [0.15, 0.2) is 5.60 Å². The van der Waals surface area contributed by atoms with Gasteiger partial charge in [0.05, 0.1) is 11.3 Å². The monoisotopic (exact) mass is 366 g/mol. The van der Waals surface area contributed by atoms with Crippen molar-refractivity contribution in [1.29, 1.82) is 0 Å². The van der Waals surface area contributed by atoms with Gasteiger partial charge in [-0.3, -0.25) is 0 Å². The second kappa shape index (κ2) is 5.33. The van der Waals surface area contributed by atoms with E-state index >= 15 is 0 Å². The SMILES string of the molecule is O=C1OC2(c3ccccc3Oc3ccc(-n4cccn4)cc32)c2ccccc21. The largest absolute Gasteiger partial charge is 0.456 e. The van der Waals surface area contributed by atoms with E-state index in [0.29, 0.717) is 17.1 Å². The summed E-state index contributed by atoms with van der Waals surface area (Å²) in [6.45, 7) is 0. The summed E-state index contributed by atoms with van der Waals surface area (Å²) in [6, 6.07) is 22.9. The Labute approximate surface area is 160 Å². The molecule has 134 valence electrons. The summed E-state index contributed by atoms with van der Waals surface area (Å²) >= 11 is 0. The number of fused-ring (bicyclic) bond motifs is 6. The fourth-order valence-corrected chi connectivity index (χ4v) is 4.17. The molecule has 0 N–H and O–H groups in total. The van der Waals surface area contributed by atoms with Crippen LogP contribution in [0.2, 0.25) is 0 Å². The minimum absolute atomic E-state index is 0.331. The molecular formula is C23H14N2O3. The Morgan fingerprint density at radius 1 is 0.821 bits per heavy atom. The van der Waals surface area contributed by atoms with E-state index < -0.39 is 5.60 Å². The van der Waals surface area contributed by atoms with Crippen LogP contribution in [0, 0.1) is 0 Å². The maximum absolute atomic E-state index is 12.8. The van der Waals surface area contributed by atoms with Gasteiger partial charge >= 0.3 is 5.97 Å². The number of nitrogens with zero attached hydrogens (tertiary/aromatic N) is 2. The zero-order chi connectivity index (χ0) is 18.7. The van der Waals surface area contributed by atoms with Gasteiger partial charge in [0.25, 0.3) is 0 Å². The van der Waals surface area contributed by atoms with Crippen LogP contribution in [0.1, 0.15) is 27.0 Å². The molecule has 0 amide bonds. The van der Waals surface area contributed by atoms with Crippen LogP contribution in [0.25, 0.3) is 5.69 Å². The lowest BCUT2D eigenvalue weighted by Gasteiger charge is -2.36. The van der Waals surface area contributed by atoms with Gasteiger partial charge in [0, 0.05) is 29.1 Å². The summed E-state index contributed by atoms with van der Waals surface area (Å²) in [4.78, 5) is 12.8. The van der Waals surface area contributed by atoms with E-state index in [2.05, 4.69) is 5.10 Å². The minimum atomic E-state index is -1.04. The lowest BCUT2D eigenvalue weighted by molar-refractivity contribution is 0.0224. The molecule has 1 unspecified atom stereocenters. The van der Waals surface area contributed by atoms with Crippen molar-refractivity contribution in [1.82, 2.24) is 9.78 Å². The zero-order valence-corrected chi connectivity index (χ0v) is 14.7. The Bertz CT molecular complexity index is 1250. The fraction of sp³-hybridized carbons (Fsp3) is 0.0435. The van der Waals surface area contributed by atoms with E-state index in [4.69, 9.17) is 9.47 Å². The fourth-order valence-electron chi connectivity index (χ4n) is 4.17. The molecule has 2 aliphatic heterocycles. The maximum atomic E-state index is 12.8. The highest BCUT2D eigenvalue weighted by molar-refractivity contribution is 5.97. The third-order valence-electron chi connectivity index (χ3n) is 5.37. The highest BCUT2D eigenvalue weighted by atomic mass is 16.6. The number of hydrogen-bond acceptors (Lipinski definition) is 4. The quantitative estimate of drug-likeness (QED) is 0.467. The molecule has 5 nitrogen and oxygen atoms in total. The minimum Gasteiger partial charge on any atom is -0.456 e. The molecule has 1 aromatic heterocycles. The molecule has 6 rings (SSSR count). The number of para-hydroxylation sites is 1. The number of aromatic nitrogens is 2. The van der Waals surface area contributed by atoms with Gasteiger partial charge < -0.3 is 9.47 Å². The number of carbonyl (C=O) groups is 1. The molecule has 1 spiro atoms. The number of rotatable bonds is 1. The molecule has 4 aromatic rings. The number of carbonyl (C=O) groups excluding carboxylic acids is 1. The van der Waals surface area contributed by atoms with Crippen molar-refractivity contribution in [3.8, 4) is 17.2 Å². The highest BCUT2D eigenvalue weighted by Gasteiger charge is 2.53. The molecule has 3 heterocycles. The summed E-state index contributed by atoms with van der Waals surface area (Å²) < 4.78 is 14.1. The summed E-state index contributed by atoms with van der Waals surface area (Å²) in [6.07, 6.45) is 3.60. The topological polar surface area (TPSA) is 53.4 Å². The molecule has 0 radical (unpaired) electrons. The third kappa shape index (κ3) is 1.85. The molecule has 0 saturated heterocycles. The van der Waals surface area contributed by atoms with Gasteiger partial charge in [-0.2, -0.15) is 5.10 Å². The maximum Gasteiger partial charge on any atom is 0.340 e. The van der Waals surface area contributed by atoms with E-state index in [-0.39, 0.29) is 5.97 Å². The van der Waals surface area contributed by atoms with E-state index in [0.717, 1.165) is 22.4 Å². The van der Waals surface area contributed by atoms with E-state index in [9.17, 15) is 4.79 Å². The van der Waals surface area contributed by atoms with Gasteiger partial charge in [-0.05, 0) is 36.4 Å². The molecule has 0 aliphatic carbocycles. The number of ether oxygens (including phenoxy) is 2. The van der Waals surface area contributed by atoms with E-state index in [1.54, 1.807) is 10.9 Å². The van der Waals surface area contributed by atoms with Gasteiger partial charge in [0.2, 0.25) is 0 Å². The van der Waals surface area contributed by atoms with E-state index in [1.807, 2.05) is 79.0 Å². The Kier molecular flexibility index (Phi) is 2.90. The first-order valence-corrected chi connectivity index (χ1v) is 9.02. The van der Waals surface area contributed by atoms with Crippen LogP contribution in [0.15, 0.2) is 85.2 Å². The molecule has 3 aromatic carbocycles. The van der Waals surface area contributed by atoms with Crippen LogP contribution >= 0.6 is 0 Å². The summed E-state index contributed by atoms with van der Waals surface area (Å²) in [5.74, 6) is 1.02. The smallest absolute Gasteiger partial charge is 0.340 e. The van der Waals surface area contributed by atoms with Gasteiger partial charge in [-0.15, -0.1) is 0 Å². The Morgan fingerprint density at radius 3 is 2.46 bits per heavy atom. The third-order valence-corrected chi connectivity index (χ3v) is 5.37. The Hall–Kier alpha value is -3.86. The molecule has 1 atom stereocenters. The first-order chi connectivity index (χ1) is 13.8. The standard InChI is InChI=1S/C23H14N2O3/c26-22-16-6-1-2-7-17(16)23(28-22)18-8-3-4-9-20(18)27-21-11-10-15(14-19(21)23)25-13-5-12-24-25/h1-14H. The second-order valence-corrected chi connectivity index (χ2v) is 6.85. The predicted molar refractivity (Wildman–Crippen MR) is 102 cm³/mol. The number of benzene rings is 3. The van der Waals surface area contributed by atoms with Gasteiger partial charge in [0.1, 0.15) is 11.5 Å². The van der Waals surface area contributed by atoms with Crippen LogP contribution in [-0.4, -0.2) is 15.7 Å². The van der Waals surface area contributed by atoms with Crippen molar-refractivity contribution < 1.29 is 14.3 Å². The summed E-state index contributed by atoms with van der Waals surface area (Å²) in [7, 11) is 0. The Balaban J connectivity index is 1.70. The van der Waals surface area contributed by atoms with E-state index in [1.165, 1.54) is 0 Å². The first-order valence-electron chi connectivity index (χ1n) is 9.02. The number of hydrogen-bond donors (Lipinski definition) is 0. The van der Waals surface area contributed by atoms with Crippen LogP contribution in [-0.2, 0) is 10.3 Å². The van der Waals surface area contributed by atoms with Crippen molar-refractivity contribution in [3.05, 3.63) is 107 Å². The summed E-state index contributed by atoms with van der Waals surface area (Å²) in [5.41, 5.74) is 2.84. The average Bonchev–Trinajstić information content (AvgIpc) is 3.37. The predicted octanol–water partition coefficient (Wildman–Crippen LogP) is 4.44. The molecular weight excluding hydrogens is 352 g/mol. The van der Waals surface area contributed by atoms with Crippen molar-refractivity contribution in [3.63, 3.8) is 0 Å². The second-order valence-electron chi connectivity index (χ2n) is 6.85. The molecule has 0 bridgehead atoms. The summed E-state index contributed by atoms with van der Waals surface area (Å²) in [5, 5.41) is 4.32.